The summed E-state index contributed by atoms with van der Waals surface area (Å²) in [7, 11) is 0. The van der Waals surface area contributed by atoms with Crippen molar-refractivity contribution < 1.29 is 9.53 Å². The molecule has 1 aliphatic heterocycles. The number of hydrogen-bond donors (Lipinski definition) is 0. The Morgan fingerprint density at radius 3 is 2.63 bits per heavy atom. The van der Waals surface area contributed by atoms with E-state index >= 15 is 0 Å². The molecule has 0 spiro atoms. The standard InChI is InChI=1S/C30H25ClN2O2S3/c31-24-19-21(9-12-26(24)38-30-32-13-18-36-30)28(34)27-23-5-1-2-6-25(23)37-29(27)20-7-10-22(11-8-20)35-17-16-33-14-3-4-15-33/h1-2,5-13,18-19H,3-4,14-17H2. The summed E-state index contributed by atoms with van der Waals surface area (Å²) in [6.45, 7) is 3.98. The molecule has 0 unspecified atom stereocenters. The van der Waals surface area contributed by atoms with Gasteiger partial charge in [0, 0.05) is 49.1 Å². The second-order valence-corrected chi connectivity index (χ2v) is 12.7. The quantitative estimate of drug-likeness (QED) is 0.164. The van der Waals surface area contributed by atoms with E-state index in [1.165, 1.54) is 37.7 Å². The van der Waals surface area contributed by atoms with Crippen molar-refractivity contribution in [2.75, 3.05) is 26.2 Å². The molecule has 2 aromatic heterocycles. The average molecular weight is 577 g/mol. The molecule has 0 N–H and O–H groups in total. The highest BCUT2D eigenvalue weighted by molar-refractivity contribution is 8.01. The van der Waals surface area contributed by atoms with Crippen molar-refractivity contribution >= 4 is 61.9 Å². The minimum absolute atomic E-state index is 0.0314. The molecule has 0 amide bonds. The molecule has 6 rings (SSSR count). The summed E-state index contributed by atoms with van der Waals surface area (Å²) in [4.78, 5) is 22.5. The number of rotatable bonds is 9. The number of ether oxygens (including phenoxy) is 1. The lowest BCUT2D eigenvalue weighted by molar-refractivity contribution is 0.104. The highest BCUT2D eigenvalue weighted by atomic mass is 35.5. The Labute approximate surface area is 239 Å². The number of aromatic nitrogens is 1. The second-order valence-electron chi connectivity index (χ2n) is 9.10. The van der Waals surface area contributed by atoms with E-state index in [2.05, 4.69) is 16.0 Å². The van der Waals surface area contributed by atoms with Crippen molar-refractivity contribution in [2.24, 2.45) is 0 Å². The third-order valence-electron chi connectivity index (χ3n) is 6.61. The first-order valence-electron chi connectivity index (χ1n) is 12.5. The smallest absolute Gasteiger partial charge is 0.195 e. The molecule has 1 aliphatic rings. The average Bonchev–Trinajstić information content (AvgIpc) is 3.71. The van der Waals surface area contributed by atoms with E-state index in [0.29, 0.717) is 22.8 Å². The fraction of sp³-hybridized carbons (Fsp3) is 0.200. The number of benzene rings is 3. The van der Waals surface area contributed by atoms with E-state index < -0.39 is 0 Å². The van der Waals surface area contributed by atoms with Crippen LogP contribution in [0.1, 0.15) is 28.8 Å². The summed E-state index contributed by atoms with van der Waals surface area (Å²) in [5, 5.41) is 3.44. The number of likely N-dealkylation sites (tertiary alicyclic amines) is 1. The van der Waals surface area contributed by atoms with E-state index in [-0.39, 0.29) is 5.78 Å². The molecule has 1 fully saturated rings. The maximum absolute atomic E-state index is 13.9. The maximum Gasteiger partial charge on any atom is 0.195 e. The van der Waals surface area contributed by atoms with Crippen molar-refractivity contribution in [3.63, 3.8) is 0 Å². The minimum Gasteiger partial charge on any atom is -0.492 e. The second kappa shape index (κ2) is 11.6. The van der Waals surface area contributed by atoms with Gasteiger partial charge in [0.2, 0.25) is 0 Å². The molecule has 8 heteroatoms. The van der Waals surface area contributed by atoms with Gasteiger partial charge >= 0.3 is 0 Å². The Bertz CT molecular complexity index is 1560. The van der Waals surface area contributed by atoms with Gasteiger partial charge in [0.1, 0.15) is 12.4 Å². The van der Waals surface area contributed by atoms with E-state index in [4.69, 9.17) is 16.3 Å². The number of ketones is 1. The number of halogens is 1. The normalized spacial score (nSPS) is 13.8. The van der Waals surface area contributed by atoms with Crippen LogP contribution in [-0.2, 0) is 0 Å². The minimum atomic E-state index is -0.0314. The molecule has 0 saturated carbocycles. The van der Waals surface area contributed by atoms with E-state index in [9.17, 15) is 4.79 Å². The van der Waals surface area contributed by atoms with Crippen LogP contribution in [0.25, 0.3) is 20.5 Å². The van der Waals surface area contributed by atoms with Crippen molar-refractivity contribution in [2.45, 2.75) is 22.1 Å². The third kappa shape index (κ3) is 5.53. The Kier molecular flexibility index (Phi) is 7.81. The molecule has 0 radical (unpaired) electrons. The predicted octanol–water partition coefficient (Wildman–Crippen LogP) is 8.54. The van der Waals surface area contributed by atoms with Crippen molar-refractivity contribution in [1.29, 1.82) is 0 Å². The summed E-state index contributed by atoms with van der Waals surface area (Å²) < 4.78 is 8.00. The van der Waals surface area contributed by atoms with Gasteiger partial charge in [-0.1, -0.05) is 41.6 Å². The highest BCUT2D eigenvalue weighted by Gasteiger charge is 2.22. The van der Waals surface area contributed by atoms with Crippen LogP contribution in [0.2, 0.25) is 5.02 Å². The summed E-state index contributed by atoms with van der Waals surface area (Å²) in [6, 6.07) is 21.7. The number of thiazole rings is 1. The molecule has 1 saturated heterocycles. The van der Waals surface area contributed by atoms with E-state index in [1.807, 2.05) is 60.0 Å². The van der Waals surface area contributed by atoms with Gasteiger partial charge < -0.3 is 4.74 Å². The highest BCUT2D eigenvalue weighted by Crippen LogP contribution is 2.41. The number of hydrogen-bond acceptors (Lipinski definition) is 7. The zero-order chi connectivity index (χ0) is 25.9. The van der Waals surface area contributed by atoms with E-state index in [0.717, 1.165) is 42.1 Å². The number of carbonyl (C=O) groups is 1. The largest absolute Gasteiger partial charge is 0.492 e. The molecule has 192 valence electrons. The molecule has 4 nitrogen and oxygen atoms in total. The number of thiophene rings is 1. The van der Waals surface area contributed by atoms with Gasteiger partial charge in [-0.3, -0.25) is 9.69 Å². The first-order chi connectivity index (χ1) is 18.7. The van der Waals surface area contributed by atoms with Crippen LogP contribution in [0, 0.1) is 0 Å². The van der Waals surface area contributed by atoms with Gasteiger partial charge in [-0.05, 0) is 80.0 Å². The fourth-order valence-electron chi connectivity index (χ4n) is 4.70. The summed E-state index contributed by atoms with van der Waals surface area (Å²) >= 11 is 11.3. The zero-order valence-electron chi connectivity index (χ0n) is 20.6. The molecule has 0 aliphatic carbocycles. The molecule has 5 aromatic rings. The molecule has 38 heavy (non-hydrogen) atoms. The lowest BCUT2D eigenvalue weighted by Crippen LogP contribution is -2.25. The van der Waals surface area contributed by atoms with Crippen LogP contribution in [0.4, 0.5) is 0 Å². The van der Waals surface area contributed by atoms with E-state index in [1.54, 1.807) is 34.9 Å². The van der Waals surface area contributed by atoms with Gasteiger partial charge in [-0.2, -0.15) is 0 Å². The first-order valence-corrected chi connectivity index (χ1v) is 15.4. The van der Waals surface area contributed by atoms with Crippen LogP contribution in [0.5, 0.6) is 5.75 Å². The van der Waals surface area contributed by atoms with Crippen molar-refractivity contribution in [1.82, 2.24) is 9.88 Å². The zero-order valence-corrected chi connectivity index (χ0v) is 23.8. The third-order valence-corrected chi connectivity index (χ3v) is 10.2. The number of fused-ring (bicyclic) bond motifs is 1. The molecular formula is C30H25ClN2O2S3. The van der Waals surface area contributed by atoms with Gasteiger partial charge in [0.05, 0.1) is 5.02 Å². The van der Waals surface area contributed by atoms with Gasteiger partial charge in [0.25, 0.3) is 0 Å². The Hall–Kier alpha value is -2.68. The van der Waals surface area contributed by atoms with Crippen LogP contribution < -0.4 is 4.74 Å². The first kappa shape index (κ1) is 25.6. The number of carbonyl (C=O) groups excluding carboxylic acids is 1. The van der Waals surface area contributed by atoms with Gasteiger partial charge in [-0.15, -0.1) is 22.7 Å². The molecular weight excluding hydrogens is 552 g/mol. The molecule has 0 bridgehead atoms. The lowest BCUT2D eigenvalue weighted by Gasteiger charge is -2.15. The Balaban J connectivity index is 1.27. The van der Waals surface area contributed by atoms with Crippen LogP contribution >= 0.6 is 46.0 Å². The number of nitrogens with zero attached hydrogens (tertiary/aromatic N) is 2. The lowest BCUT2D eigenvalue weighted by atomic mass is 9.97. The van der Waals surface area contributed by atoms with Crippen molar-refractivity contribution in [3.05, 3.63) is 94.5 Å². The summed E-state index contributed by atoms with van der Waals surface area (Å²) in [6.07, 6.45) is 4.34. The Morgan fingerprint density at radius 2 is 1.87 bits per heavy atom. The van der Waals surface area contributed by atoms with Gasteiger partial charge in [-0.25, -0.2) is 4.98 Å². The molecule has 3 aromatic carbocycles. The predicted molar refractivity (Wildman–Crippen MR) is 160 cm³/mol. The van der Waals surface area contributed by atoms with Gasteiger partial charge in [0.15, 0.2) is 10.1 Å². The monoisotopic (exact) mass is 576 g/mol. The fourth-order valence-corrected chi connectivity index (χ4v) is 7.78. The Morgan fingerprint density at radius 1 is 1.05 bits per heavy atom. The molecule has 0 atom stereocenters. The SMILES string of the molecule is O=C(c1ccc(Sc2nccs2)c(Cl)c1)c1c(-c2ccc(OCCN3CCCC3)cc2)sc2ccccc12. The summed E-state index contributed by atoms with van der Waals surface area (Å²) in [5.74, 6) is 0.818. The van der Waals surface area contributed by atoms with Crippen molar-refractivity contribution in [3.8, 4) is 16.2 Å². The topological polar surface area (TPSA) is 42.4 Å². The summed E-state index contributed by atoms with van der Waals surface area (Å²) in [5.41, 5.74) is 2.29. The molecule has 3 heterocycles. The van der Waals surface area contributed by atoms with Crippen LogP contribution in [0.3, 0.4) is 0 Å². The maximum atomic E-state index is 13.9. The van der Waals surface area contributed by atoms with Crippen LogP contribution in [-0.4, -0.2) is 41.9 Å². The van der Waals surface area contributed by atoms with Crippen LogP contribution in [0.15, 0.2) is 87.5 Å².